The van der Waals surface area contributed by atoms with Gasteiger partial charge in [-0.1, -0.05) is 27.0 Å². The summed E-state index contributed by atoms with van der Waals surface area (Å²) in [6, 6.07) is 0. The predicted octanol–water partition coefficient (Wildman–Crippen LogP) is 2.54. The Morgan fingerprint density at radius 3 is 1.38 bits per heavy atom. The van der Waals surface area contributed by atoms with Crippen LogP contribution in [0.5, 0.6) is 0 Å². The molecule has 0 saturated carbocycles. The van der Waals surface area contributed by atoms with Gasteiger partial charge >= 0.3 is 0 Å². The average molecular weight is 225 g/mol. The number of nitrogens with zero attached hydrogens (tertiary/aromatic N) is 3. The summed E-state index contributed by atoms with van der Waals surface area (Å²) in [6.07, 6.45) is 2.25. The maximum Gasteiger partial charge on any atom is 0.102 e. The first kappa shape index (κ1) is 14.9. The molecule has 0 aromatic heterocycles. The average Bonchev–Trinajstić information content (AvgIpc) is 2.26. The van der Waals surface area contributed by atoms with Crippen LogP contribution in [-0.4, -0.2) is 48.9 Å². The van der Waals surface area contributed by atoms with Gasteiger partial charge < -0.3 is 14.7 Å². The fourth-order valence-electron chi connectivity index (χ4n) is 1.59. The minimum absolute atomic E-state index is 0.995. The van der Waals surface area contributed by atoms with E-state index in [-0.39, 0.29) is 0 Å². The fraction of sp³-hybridized carbons (Fsp3) is 0.692. The molecule has 0 aliphatic rings. The van der Waals surface area contributed by atoms with Crippen LogP contribution in [0.1, 0.15) is 26.7 Å². The predicted molar refractivity (Wildman–Crippen MR) is 71.9 cm³/mol. The summed E-state index contributed by atoms with van der Waals surface area (Å²) in [5.41, 5.74) is 0. The standard InChI is InChI=1S/C13H27N3/c1-8-10-14(5)12(3)16(7)13(4)15(6)11-9-2/h3-4,8-11H2,1-2,5-7H3. The van der Waals surface area contributed by atoms with Gasteiger partial charge in [0.15, 0.2) is 0 Å². The number of hydrogen-bond acceptors (Lipinski definition) is 3. The van der Waals surface area contributed by atoms with Gasteiger partial charge in [0.05, 0.1) is 0 Å². The Morgan fingerprint density at radius 2 is 1.12 bits per heavy atom. The van der Waals surface area contributed by atoms with Crippen molar-refractivity contribution in [3.05, 3.63) is 24.8 Å². The van der Waals surface area contributed by atoms with Crippen LogP contribution in [0.3, 0.4) is 0 Å². The highest BCUT2D eigenvalue weighted by molar-refractivity contribution is 5.03. The van der Waals surface area contributed by atoms with Crippen LogP contribution in [-0.2, 0) is 0 Å². The monoisotopic (exact) mass is 225 g/mol. The molecule has 0 aliphatic carbocycles. The number of hydrogen-bond donors (Lipinski definition) is 0. The minimum Gasteiger partial charge on any atom is -0.362 e. The molecule has 0 bridgehead atoms. The van der Waals surface area contributed by atoms with E-state index in [0.717, 1.165) is 37.6 Å². The molecule has 0 rings (SSSR count). The van der Waals surface area contributed by atoms with Crippen molar-refractivity contribution in [3.8, 4) is 0 Å². The van der Waals surface area contributed by atoms with Gasteiger partial charge in [-0.2, -0.15) is 0 Å². The van der Waals surface area contributed by atoms with Crippen molar-refractivity contribution in [2.45, 2.75) is 26.7 Å². The summed E-state index contributed by atoms with van der Waals surface area (Å²) >= 11 is 0. The zero-order valence-electron chi connectivity index (χ0n) is 11.6. The van der Waals surface area contributed by atoms with E-state index in [0.29, 0.717) is 0 Å². The van der Waals surface area contributed by atoms with Crippen LogP contribution in [0.15, 0.2) is 24.8 Å². The second-order valence-corrected chi connectivity index (χ2v) is 4.23. The van der Waals surface area contributed by atoms with Crippen LogP contribution in [0, 0.1) is 0 Å². The molecule has 0 radical (unpaired) electrons. The van der Waals surface area contributed by atoms with Crippen molar-refractivity contribution in [2.24, 2.45) is 0 Å². The largest absolute Gasteiger partial charge is 0.362 e. The van der Waals surface area contributed by atoms with Crippen LogP contribution < -0.4 is 0 Å². The lowest BCUT2D eigenvalue weighted by atomic mass is 10.4. The van der Waals surface area contributed by atoms with Gasteiger partial charge in [-0.05, 0) is 12.8 Å². The molecular weight excluding hydrogens is 198 g/mol. The summed E-state index contributed by atoms with van der Waals surface area (Å²) < 4.78 is 0. The lowest BCUT2D eigenvalue weighted by molar-refractivity contribution is 0.243. The molecule has 0 aromatic carbocycles. The normalized spacial score (nSPS) is 9.81. The van der Waals surface area contributed by atoms with Crippen LogP contribution >= 0.6 is 0 Å². The molecule has 3 nitrogen and oxygen atoms in total. The van der Waals surface area contributed by atoms with Crippen molar-refractivity contribution in [1.82, 2.24) is 14.7 Å². The highest BCUT2D eigenvalue weighted by Gasteiger charge is 2.12. The first-order valence-electron chi connectivity index (χ1n) is 5.99. The van der Waals surface area contributed by atoms with Gasteiger partial charge in [0, 0.05) is 34.2 Å². The van der Waals surface area contributed by atoms with E-state index in [4.69, 9.17) is 0 Å². The smallest absolute Gasteiger partial charge is 0.102 e. The van der Waals surface area contributed by atoms with E-state index in [1.54, 1.807) is 0 Å². The molecule has 0 aromatic rings. The zero-order chi connectivity index (χ0) is 12.7. The van der Waals surface area contributed by atoms with E-state index >= 15 is 0 Å². The van der Waals surface area contributed by atoms with Crippen molar-refractivity contribution in [3.63, 3.8) is 0 Å². The van der Waals surface area contributed by atoms with Gasteiger partial charge in [-0.15, -0.1) is 0 Å². The Balaban J connectivity index is 4.36. The van der Waals surface area contributed by atoms with E-state index in [1.807, 2.05) is 11.9 Å². The van der Waals surface area contributed by atoms with E-state index in [9.17, 15) is 0 Å². The van der Waals surface area contributed by atoms with Crippen molar-refractivity contribution >= 4 is 0 Å². The molecule has 0 saturated heterocycles. The summed E-state index contributed by atoms with van der Waals surface area (Å²) in [7, 11) is 6.15. The van der Waals surface area contributed by atoms with Crippen molar-refractivity contribution < 1.29 is 0 Å². The molecule has 0 atom stereocenters. The molecule has 3 heteroatoms. The van der Waals surface area contributed by atoms with Crippen LogP contribution in [0.25, 0.3) is 0 Å². The van der Waals surface area contributed by atoms with Crippen molar-refractivity contribution in [1.29, 1.82) is 0 Å². The molecule has 0 aliphatic heterocycles. The molecule has 16 heavy (non-hydrogen) atoms. The molecule has 0 fully saturated rings. The Morgan fingerprint density at radius 1 is 0.812 bits per heavy atom. The van der Waals surface area contributed by atoms with E-state index < -0.39 is 0 Å². The third-order valence-corrected chi connectivity index (χ3v) is 2.77. The second-order valence-electron chi connectivity index (χ2n) is 4.23. The Kier molecular flexibility index (Phi) is 6.70. The maximum atomic E-state index is 4.10. The number of rotatable bonds is 8. The molecule has 0 spiro atoms. The second kappa shape index (κ2) is 7.20. The maximum absolute atomic E-state index is 4.10. The first-order chi connectivity index (χ1) is 7.45. The highest BCUT2D eigenvalue weighted by atomic mass is 15.4. The van der Waals surface area contributed by atoms with E-state index in [1.165, 1.54) is 0 Å². The minimum atomic E-state index is 0.995. The molecular formula is C13H27N3. The SMILES string of the molecule is C=C(N(C)CCC)N(C)C(=C)N(C)CCC. The van der Waals surface area contributed by atoms with E-state index in [2.05, 4.69) is 50.9 Å². The van der Waals surface area contributed by atoms with Crippen LogP contribution in [0.2, 0.25) is 0 Å². The van der Waals surface area contributed by atoms with Gasteiger partial charge in [0.25, 0.3) is 0 Å². The fourth-order valence-corrected chi connectivity index (χ4v) is 1.59. The molecule has 0 N–H and O–H groups in total. The summed E-state index contributed by atoms with van der Waals surface area (Å²) in [4.78, 5) is 6.36. The van der Waals surface area contributed by atoms with Crippen LogP contribution in [0.4, 0.5) is 0 Å². The quantitative estimate of drug-likeness (QED) is 0.628. The molecule has 0 heterocycles. The van der Waals surface area contributed by atoms with Gasteiger partial charge in [-0.3, -0.25) is 0 Å². The van der Waals surface area contributed by atoms with Gasteiger partial charge in [0.2, 0.25) is 0 Å². The zero-order valence-corrected chi connectivity index (χ0v) is 11.6. The Bertz CT molecular complexity index is 211. The first-order valence-corrected chi connectivity index (χ1v) is 5.99. The highest BCUT2D eigenvalue weighted by Crippen LogP contribution is 2.13. The third kappa shape index (κ3) is 4.17. The summed E-state index contributed by atoms with van der Waals surface area (Å²) in [5.74, 6) is 1.99. The lowest BCUT2D eigenvalue weighted by Gasteiger charge is -2.35. The van der Waals surface area contributed by atoms with Gasteiger partial charge in [-0.25, -0.2) is 0 Å². The lowest BCUT2D eigenvalue weighted by Crippen LogP contribution is -2.35. The Labute approximate surface area is 101 Å². The summed E-state index contributed by atoms with van der Waals surface area (Å²) in [6.45, 7) is 14.6. The molecule has 94 valence electrons. The topological polar surface area (TPSA) is 9.72 Å². The van der Waals surface area contributed by atoms with Gasteiger partial charge in [0.1, 0.15) is 11.6 Å². The molecule has 0 amide bonds. The summed E-state index contributed by atoms with van der Waals surface area (Å²) in [5, 5.41) is 0. The third-order valence-electron chi connectivity index (χ3n) is 2.77. The molecule has 0 unspecified atom stereocenters. The Hall–Kier alpha value is -1.12. The van der Waals surface area contributed by atoms with Crippen molar-refractivity contribution in [2.75, 3.05) is 34.2 Å².